The number of benzene rings is 1. The van der Waals surface area contributed by atoms with Crippen LogP contribution in [-0.2, 0) is 30.3 Å². The van der Waals surface area contributed by atoms with Gasteiger partial charge in [-0.1, -0.05) is 18.2 Å². The van der Waals surface area contributed by atoms with E-state index in [2.05, 4.69) is 5.32 Å². The predicted octanol–water partition coefficient (Wildman–Crippen LogP) is 1.07. The summed E-state index contributed by atoms with van der Waals surface area (Å²) in [6, 6.07) is 9.54. The first-order chi connectivity index (χ1) is 14.7. The molecule has 4 rings (SSSR count). The second-order valence-corrected chi connectivity index (χ2v) is 9.35. The Labute approximate surface area is 184 Å². The van der Waals surface area contributed by atoms with Gasteiger partial charge in [-0.25, -0.2) is 4.79 Å². The van der Waals surface area contributed by atoms with E-state index in [0.29, 0.717) is 0 Å². The number of carbonyl (C=O) groups excluding carboxylic acids is 3. The molecule has 2 aliphatic heterocycles. The van der Waals surface area contributed by atoms with E-state index in [4.69, 9.17) is 4.74 Å². The number of esters is 1. The fourth-order valence-corrected chi connectivity index (χ4v) is 5.95. The van der Waals surface area contributed by atoms with Gasteiger partial charge in [-0.2, -0.15) is 0 Å². The molecule has 2 aliphatic rings. The number of fused-ring (bicyclic) bond motifs is 2. The van der Waals surface area contributed by atoms with E-state index in [1.807, 2.05) is 30.3 Å². The summed E-state index contributed by atoms with van der Waals surface area (Å²) in [4.78, 5) is 49.7. The lowest BCUT2D eigenvalue weighted by atomic mass is 9.98. The fourth-order valence-electron chi connectivity index (χ4n) is 3.56. The van der Waals surface area contributed by atoms with Crippen LogP contribution in [0.25, 0.3) is 10.1 Å². The van der Waals surface area contributed by atoms with E-state index < -0.39 is 34.9 Å². The lowest BCUT2D eigenvalue weighted by Crippen LogP contribution is -2.80. The topological polar surface area (TPSA) is 133 Å². The highest BCUT2D eigenvalue weighted by molar-refractivity contribution is 8.00. The molecule has 11 heteroatoms. The van der Waals surface area contributed by atoms with E-state index in [1.165, 1.54) is 18.3 Å². The van der Waals surface area contributed by atoms with E-state index >= 15 is 0 Å². The molecular formula is C20H18N2O7S2. The van der Waals surface area contributed by atoms with Crippen molar-refractivity contribution < 1.29 is 34.1 Å². The van der Waals surface area contributed by atoms with Gasteiger partial charge in [0.05, 0.1) is 6.42 Å². The minimum absolute atomic E-state index is 0.0222. The van der Waals surface area contributed by atoms with E-state index in [-0.39, 0.29) is 30.1 Å². The van der Waals surface area contributed by atoms with Crippen molar-refractivity contribution in [1.29, 1.82) is 0 Å². The molecule has 31 heavy (non-hydrogen) atoms. The highest BCUT2D eigenvalue weighted by Crippen LogP contribution is 2.45. The smallest absolute Gasteiger partial charge is 0.352 e. The summed E-state index contributed by atoms with van der Waals surface area (Å²) in [7, 11) is 0. The maximum atomic E-state index is 12.7. The number of thioether (sulfide) groups is 1. The molecule has 3 heterocycles. The number of hydrogen-bond acceptors (Lipinski definition) is 8. The standard InChI is InChI=1S/C20H18N2O7S2/c1-10(23)29-8-12-9-30-19-20(28,18(27)22(19)16(12)17(25)26)21-15(24)7-13-6-11-4-2-3-5-14(11)31-13/h2-6,19,28H,7-9H2,1H3,(H,21,24)(H,25,26)/t19-,20?/m1/s1. The molecule has 0 radical (unpaired) electrons. The zero-order valence-corrected chi connectivity index (χ0v) is 17.9. The number of carboxylic acids is 1. The molecule has 2 amide bonds. The van der Waals surface area contributed by atoms with E-state index in [9.17, 15) is 29.4 Å². The van der Waals surface area contributed by atoms with Crippen LogP contribution in [0.4, 0.5) is 0 Å². The van der Waals surface area contributed by atoms with Crippen LogP contribution < -0.4 is 5.32 Å². The number of nitrogens with zero attached hydrogens (tertiary/aromatic N) is 1. The molecule has 1 fully saturated rings. The number of carboxylic acid groups (broad SMARTS) is 1. The quantitative estimate of drug-likeness (QED) is 0.330. The molecule has 1 aromatic heterocycles. The molecule has 9 nitrogen and oxygen atoms in total. The minimum atomic E-state index is -2.20. The highest BCUT2D eigenvalue weighted by atomic mass is 32.2. The van der Waals surface area contributed by atoms with Crippen molar-refractivity contribution in [2.75, 3.05) is 12.4 Å². The maximum Gasteiger partial charge on any atom is 0.352 e. The number of aliphatic carboxylic acids is 1. The molecule has 162 valence electrons. The zero-order valence-electron chi connectivity index (χ0n) is 16.3. The first-order valence-corrected chi connectivity index (χ1v) is 11.1. The number of ether oxygens (including phenoxy) is 1. The third-order valence-corrected chi connectivity index (χ3v) is 7.42. The van der Waals surface area contributed by atoms with Crippen LogP contribution in [0.15, 0.2) is 41.6 Å². The zero-order chi connectivity index (χ0) is 22.3. The largest absolute Gasteiger partial charge is 0.477 e. The van der Waals surface area contributed by atoms with Gasteiger partial charge < -0.3 is 20.3 Å². The van der Waals surface area contributed by atoms with Gasteiger partial charge in [-0.15, -0.1) is 23.1 Å². The van der Waals surface area contributed by atoms with Crippen molar-refractivity contribution in [3.63, 3.8) is 0 Å². The lowest BCUT2D eigenvalue weighted by Gasteiger charge is -2.54. The van der Waals surface area contributed by atoms with Crippen molar-refractivity contribution in [1.82, 2.24) is 10.2 Å². The Bertz CT molecular complexity index is 1110. The number of hydrogen-bond donors (Lipinski definition) is 3. The Morgan fingerprint density at radius 2 is 2.06 bits per heavy atom. The lowest BCUT2D eigenvalue weighted by molar-refractivity contribution is -0.186. The summed E-state index contributed by atoms with van der Waals surface area (Å²) in [5.41, 5.74) is -2.29. The van der Waals surface area contributed by atoms with Crippen LogP contribution in [0.2, 0.25) is 0 Å². The summed E-state index contributed by atoms with van der Waals surface area (Å²) in [6.45, 7) is 0.927. The average Bonchev–Trinajstić information content (AvgIpc) is 3.12. The average molecular weight is 463 g/mol. The Morgan fingerprint density at radius 3 is 2.74 bits per heavy atom. The van der Waals surface area contributed by atoms with E-state index in [1.54, 1.807) is 0 Å². The minimum Gasteiger partial charge on any atom is -0.477 e. The SMILES string of the molecule is CC(=O)OCC1=C(C(=O)O)N2C(=O)C(O)(NC(=O)Cc3cc4ccccc4s3)[C@H]2SC1. The van der Waals surface area contributed by atoms with Gasteiger partial charge >= 0.3 is 11.9 Å². The molecule has 1 saturated heterocycles. The van der Waals surface area contributed by atoms with Crippen LogP contribution in [0, 0.1) is 0 Å². The summed E-state index contributed by atoms with van der Waals surface area (Å²) in [5, 5.41) is 22.8. The number of thiophene rings is 1. The Kier molecular flexibility index (Phi) is 5.50. The van der Waals surface area contributed by atoms with Crippen LogP contribution in [0.1, 0.15) is 11.8 Å². The molecule has 0 aliphatic carbocycles. The van der Waals surface area contributed by atoms with Crippen LogP contribution in [-0.4, -0.2) is 62.3 Å². The van der Waals surface area contributed by atoms with Crippen LogP contribution in [0.5, 0.6) is 0 Å². The summed E-state index contributed by atoms with van der Waals surface area (Å²) in [6.07, 6.45) is -0.0222. The Balaban J connectivity index is 1.49. The van der Waals surface area contributed by atoms with Crippen LogP contribution >= 0.6 is 23.1 Å². The maximum absolute atomic E-state index is 12.7. The molecule has 1 aromatic carbocycles. The number of amides is 2. The molecule has 1 unspecified atom stereocenters. The second-order valence-electron chi connectivity index (χ2n) is 7.12. The third-order valence-electron chi connectivity index (χ3n) is 4.92. The molecule has 2 aromatic rings. The second kappa shape index (κ2) is 7.98. The number of rotatable bonds is 6. The first-order valence-electron chi connectivity index (χ1n) is 9.25. The normalized spacial score (nSPS) is 22.7. The summed E-state index contributed by atoms with van der Waals surface area (Å²) in [5.74, 6) is -3.32. The number of nitrogens with one attached hydrogen (secondary N) is 1. The van der Waals surface area contributed by atoms with Gasteiger partial charge in [0.2, 0.25) is 5.91 Å². The molecule has 2 atom stereocenters. The number of aliphatic hydroxyl groups is 1. The molecular weight excluding hydrogens is 444 g/mol. The summed E-state index contributed by atoms with van der Waals surface area (Å²) >= 11 is 2.53. The van der Waals surface area contributed by atoms with Crippen molar-refractivity contribution in [2.24, 2.45) is 0 Å². The third kappa shape index (κ3) is 3.80. The van der Waals surface area contributed by atoms with Crippen molar-refractivity contribution in [2.45, 2.75) is 24.4 Å². The van der Waals surface area contributed by atoms with Gasteiger partial charge in [0.25, 0.3) is 11.6 Å². The van der Waals surface area contributed by atoms with Gasteiger partial charge in [0, 0.05) is 27.8 Å². The van der Waals surface area contributed by atoms with E-state index in [0.717, 1.165) is 31.6 Å². The van der Waals surface area contributed by atoms with Crippen LogP contribution in [0.3, 0.4) is 0 Å². The predicted molar refractivity (Wildman–Crippen MR) is 113 cm³/mol. The van der Waals surface area contributed by atoms with Gasteiger partial charge in [-0.3, -0.25) is 19.3 Å². The molecule has 0 bridgehead atoms. The van der Waals surface area contributed by atoms with Crippen molar-refractivity contribution >= 4 is 56.9 Å². The number of β-lactam (4-membered cyclic amide) rings is 1. The number of carbonyl (C=O) groups is 4. The van der Waals surface area contributed by atoms with Gasteiger partial charge in [0.15, 0.2) is 0 Å². The molecule has 0 spiro atoms. The monoisotopic (exact) mass is 462 g/mol. The molecule has 0 saturated carbocycles. The van der Waals surface area contributed by atoms with Gasteiger partial charge in [0.1, 0.15) is 17.7 Å². The van der Waals surface area contributed by atoms with Gasteiger partial charge in [-0.05, 0) is 17.5 Å². The summed E-state index contributed by atoms with van der Waals surface area (Å²) < 4.78 is 5.89. The van der Waals surface area contributed by atoms with Crippen molar-refractivity contribution in [3.8, 4) is 0 Å². The van der Waals surface area contributed by atoms with Crippen molar-refractivity contribution in [3.05, 3.63) is 46.5 Å². The molecule has 3 N–H and O–H groups in total. The highest BCUT2D eigenvalue weighted by Gasteiger charge is 2.65. The first kappa shape index (κ1) is 21.3. The fraction of sp³-hybridized carbons (Fsp3) is 0.300. The Morgan fingerprint density at radius 1 is 1.32 bits per heavy atom. The Hall–Kier alpha value is -2.89.